The van der Waals surface area contributed by atoms with Gasteiger partial charge in [0.15, 0.2) is 4.47 Å². The molecule has 0 bridgehead atoms. The van der Waals surface area contributed by atoms with Gasteiger partial charge in [-0.2, -0.15) is 0 Å². The van der Waals surface area contributed by atoms with Gasteiger partial charge < -0.3 is 10.1 Å². The monoisotopic (exact) mass is 388 g/mol. The van der Waals surface area contributed by atoms with E-state index in [2.05, 4.69) is 26.2 Å². The Morgan fingerprint density at radius 3 is 2.86 bits per heavy atom. The van der Waals surface area contributed by atoms with Crippen LogP contribution in [0.15, 0.2) is 22.8 Å². The minimum atomic E-state index is -0.318. The predicted molar refractivity (Wildman–Crippen MR) is 89.3 cm³/mol. The van der Waals surface area contributed by atoms with Crippen LogP contribution >= 0.6 is 38.9 Å². The van der Waals surface area contributed by atoms with Gasteiger partial charge in [0.05, 0.1) is 24.4 Å². The smallest absolute Gasteiger partial charge is 0.338 e. The summed E-state index contributed by atoms with van der Waals surface area (Å²) >= 11 is 10.7. The van der Waals surface area contributed by atoms with Gasteiger partial charge in [0, 0.05) is 15.5 Å². The zero-order chi connectivity index (χ0) is 15.4. The molecule has 2 rings (SSSR count). The normalized spacial score (nSPS) is 10.5. The van der Waals surface area contributed by atoms with Crippen molar-refractivity contribution in [1.29, 1.82) is 0 Å². The molecule has 0 spiro atoms. The van der Waals surface area contributed by atoms with Gasteiger partial charge in [0.1, 0.15) is 0 Å². The largest absolute Gasteiger partial charge is 0.462 e. The van der Waals surface area contributed by atoms with Crippen molar-refractivity contribution in [1.82, 2.24) is 4.98 Å². The fourth-order valence-electron chi connectivity index (χ4n) is 1.84. The van der Waals surface area contributed by atoms with E-state index in [4.69, 9.17) is 16.3 Å². The number of nitrogens with zero attached hydrogens (tertiary/aromatic N) is 1. The van der Waals surface area contributed by atoms with E-state index in [0.29, 0.717) is 23.2 Å². The van der Waals surface area contributed by atoms with E-state index in [1.54, 1.807) is 19.2 Å². The van der Waals surface area contributed by atoms with Gasteiger partial charge in [-0.05, 0) is 47.5 Å². The molecule has 1 aromatic carbocycles. The minimum Gasteiger partial charge on any atom is -0.462 e. The van der Waals surface area contributed by atoms with Gasteiger partial charge >= 0.3 is 5.97 Å². The highest BCUT2D eigenvalue weighted by Crippen LogP contribution is 2.29. The van der Waals surface area contributed by atoms with Crippen molar-refractivity contribution in [2.75, 3.05) is 11.9 Å². The maximum absolute atomic E-state index is 11.8. The molecule has 0 aliphatic heterocycles. The number of carbonyl (C=O) groups excluding carboxylic acids is 1. The first kappa shape index (κ1) is 16.3. The molecule has 21 heavy (non-hydrogen) atoms. The van der Waals surface area contributed by atoms with Gasteiger partial charge in [0.25, 0.3) is 0 Å². The summed E-state index contributed by atoms with van der Waals surface area (Å²) < 4.78 is 6.36. The molecule has 1 aromatic heterocycles. The molecule has 112 valence electrons. The summed E-state index contributed by atoms with van der Waals surface area (Å²) in [4.78, 5) is 16.8. The standard InChI is InChI=1S/C14H14BrClN2O2S/c1-3-20-13(19)9-4-8(2)12(11(15)5-9)17-6-10-7-18-14(16)21-10/h4-5,7,17H,3,6H2,1-2H3. The number of nitrogens with one attached hydrogen (secondary N) is 1. The van der Waals surface area contributed by atoms with E-state index in [0.717, 1.165) is 20.6 Å². The Kier molecular flexibility index (Phi) is 5.61. The number of benzene rings is 1. The number of anilines is 1. The van der Waals surface area contributed by atoms with Crippen molar-refractivity contribution >= 4 is 50.5 Å². The Morgan fingerprint density at radius 2 is 2.29 bits per heavy atom. The molecule has 0 unspecified atom stereocenters. The van der Waals surface area contributed by atoms with E-state index >= 15 is 0 Å². The first-order valence-corrected chi connectivity index (χ1v) is 8.31. The summed E-state index contributed by atoms with van der Waals surface area (Å²) in [6, 6.07) is 3.57. The number of rotatable bonds is 5. The van der Waals surface area contributed by atoms with E-state index in [1.165, 1.54) is 11.3 Å². The molecule has 1 N–H and O–H groups in total. The number of aromatic nitrogens is 1. The van der Waals surface area contributed by atoms with Crippen LogP contribution in [0.25, 0.3) is 0 Å². The molecular weight excluding hydrogens is 376 g/mol. The third-order valence-electron chi connectivity index (χ3n) is 2.76. The number of hydrogen-bond donors (Lipinski definition) is 1. The molecule has 0 aliphatic carbocycles. The topological polar surface area (TPSA) is 51.2 Å². The number of carbonyl (C=O) groups is 1. The predicted octanol–water partition coefficient (Wildman–Crippen LogP) is 4.66. The van der Waals surface area contributed by atoms with Crippen molar-refractivity contribution in [3.63, 3.8) is 0 Å². The van der Waals surface area contributed by atoms with Crippen LogP contribution in [0.3, 0.4) is 0 Å². The van der Waals surface area contributed by atoms with Crippen LogP contribution in [0.1, 0.15) is 27.7 Å². The average molecular weight is 390 g/mol. The van der Waals surface area contributed by atoms with Crippen LogP contribution in [-0.4, -0.2) is 17.6 Å². The van der Waals surface area contributed by atoms with Gasteiger partial charge in [-0.25, -0.2) is 9.78 Å². The van der Waals surface area contributed by atoms with Crippen LogP contribution in [-0.2, 0) is 11.3 Å². The maximum Gasteiger partial charge on any atom is 0.338 e. The first-order valence-electron chi connectivity index (χ1n) is 6.32. The second-order valence-corrected chi connectivity index (χ2v) is 6.86. The summed E-state index contributed by atoms with van der Waals surface area (Å²) in [6.07, 6.45) is 1.75. The van der Waals surface area contributed by atoms with E-state index < -0.39 is 0 Å². The SMILES string of the molecule is CCOC(=O)c1cc(C)c(NCc2cnc(Cl)s2)c(Br)c1. The molecule has 0 amide bonds. The summed E-state index contributed by atoms with van der Waals surface area (Å²) in [5.41, 5.74) is 2.43. The Morgan fingerprint density at radius 1 is 1.52 bits per heavy atom. The number of hydrogen-bond acceptors (Lipinski definition) is 5. The number of halogens is 2. The van der Waals surface area contributed by atoms with Crippen molar-refractivity contribution in [2.45, 2.75) is 20.4 Å². The number of esters is 1. The highest BCUT2D eigenvalue weighted by atomic mass is 79.9. The molecule has 7 heteroatoms. The zero-order valence-corrected chi connectivity index (χ0v) is 14.7. The van der Waals surface area contributed by atoms with E-state index in [-0.39, 0.29) is 5.97 Å². The number of ether oxygens (including phenoxy) is 1. The molecule has 0 fully saturated rings. The summed E-state index contributed by atoms with van der Waals surface area (Å²) in [7, 11) is 0. The van der Waals surface area contributed by atoms with Crippen LogP contribution in [0.4, 0.5) is 5.69 Å². The number of aryl methyl sites for hydroxylation is 1. The molecule has 0 aliphatic rings. The highest BCUT2D eigenvalue weighted by molar-refractivity contribution is 9.10. The third kappa shape index (κ3) is 4.18. The zero-order valence-electron chi connectivity index (χ0n) is 11.6. The van der Waals surface area contributed by atoms with Crippen LogP contribution in [0, 0.1) is 6.92 Å². The van der Waals surface area contributed by atoms with Gasteiger partial charge in [-0.1, -0.05) is 11.6 Å². The second kappa shape index (κ2) is 7.24. The lowest BCUT2D eigenvalue weighted by Crippen LogP contribution is -2.07. The van der Waals surface area contributed by atoms with E-state index in [1.807, 2.05) is 13.0 Å². The minimum absolute atomic E-state index is 0.318. The van der Waals surface area contributed by atoms with Crippen LogP contribution < -0.4 is 5.32 Å². The Bertz CT molecular complexity index is 637. The molecular formula is C14H14BrClN2O2S. The lowest BCUT2D eigenvalue weighted by Gasteiger charge is -2.12. The molecule has 0 radical (unpaired) electrons. The maximum atomic E-state index is 11.8. The quantitative estimate of drug-likeness (QED) is 0.756. The Balaban J connectivity index is 2.15. The van der Waals surface area contributed by atoms with Crippen LogP contribution in [0.5, 0.6) is 0 Å². The lowest BCUT2D eigenvalue weighted by molar-refractivity contribution is 0.0526. The molecule has 0 saturated carbocycles. The van der Waals surface area contributed by atoms with Crippen molar-refractivity contribution < 1.29 is 9.53 Å². The van der Waals surface area contributed by atoms with E-state index in [9.17, 15) is 4.79 Å². The fraction of sp³-hybridized carbons (Fsp3) is 0.286. The molecule has 0 saturated heterocycles. The van der Waals surface area contributed by atoms with Crippen molar-refractivity contribution in [2.24, 2.45) is 0 Å². The molecule has 0 atom stereocenters. The van der Waals surface area contributed by atoms with Gasteiger partial charge in [-0.15, -0.1) is 11.3 Å². The third-order valence-corrected chi connectivity index (χ3v) is 4.50. The molecule has 4 nitrogen and oxygen atoms in total. The summed E-state index contributed by atoms with van der Waals surface area (Å²) in [6.45, 7) is 4.72. The summed E-state index contributed by atoms with van der Waals surface area (Å²) in [5.74, 6) is -0.318. The highest BCUT2D eigenvalue weighted by Gasteiger charge is 2.12. The van der Waals surface area contributed by atoms with Gasteiger partial charge in [-0.3, -0.25) is 0 Å². The van der Waals surface area contributed by atoms with Gasteiger partial charge in [0.2, 0.25) is 0 Å². The first-order chi connectivity index (χ1) is 10.0. The molecule has 2 aromatic rings. The fourth-order valence-corrected chi connectivity index (χ4v) is 3.46. The Hall–Kier alpha value is -1.11. The number of thiazole rings is 1. The lowest BCUT2D eigenvalue weighted by atomic mass is 10.1. The Labute approximate surface area is 140 Å². The van der Waals surface area contributed by atoms with Crippen LogP contribution in [0.2, 0.25) is 4.47 Å². The average Bonchev–Trinajstić information content (AvgIpc) is 2.83. The van der Waals surface area contributed by atoms with Crippen molar-refractivity contribution in [3.05, 3.63) is 43.3 Å². The van der Waals surface area contributed by atoms with Crippen molar-refractivity contribution in [3.8, 4) is 0 Å². The second-order valence-electron chi connectivity index (χ2n) is 4.30. The summed E-state index contributed by atoms with van der Waals surface area (Å²) in [5, 5.41) is 3.32. The molecule has 1 heterocycles.